The van der Waals surface area contributed by atoms with Gasteiger partial charge in [-0.2, -0.15) is 0 Å². The second-order valence-electron chi connectivity index (χ2n) is 8.42. The zero-order valence-corrected chi connectivity index (χ0v) is 19.3. The quantitative estimate of drug-likeness (QED) is 0.398. The molecule has 1 aliphatic rings. The highest BCUT2D eigenvalue weighted by molar-refractivity contribution is 6.24. The average molecular weight is 457 g/mol. The Morgan fingerprint density at radius 2 is 1.76 bits per heavy atom. The topological polar surface area (TPSA) is 97.0 Å². The molecule has 1 heterocycles. The normalized spacial score (nSPS) is 15.2. The van der Waals surface area contributed by atoms with Crippen LogP contribution in [0, 0.1) is 0 Å². The van der Waals surface area contributed by atoms with E-state index in [0.717, 1.165) is 23.4 Å². The number of nitrogens with two attached hydrogens (primary N) is 1. The number of ether oxygens (including phenoxy) is 1. The molecular weight excluding hydrogens is 428 g/mol. The van der Waals surface area contributed by atoms with E-state index in [1.807, 2.05) is 68.7 Å². The minimum absolute atomic E-state index is 0.142. The number of hydrogen-bond donors (Lipinski definition) is 2. The summed E-state index contributed by atoms with van der Waals surface area (Å²) in [7, 11) is 4.05. The summed E-state index contributed by atoms with van der Waals surface area (Å²) in [5.74, 6) is -1.26. The van der Waals surface area contributed by atoms with Gasteiger partial charge in [0.2, 0.25) is 5.91 Å². The number of nitrogens with zero attached hydrogens (tertiary/aromatic N) is 2. The highest BCUT2D eigenvalue weighted by Gasteiger charge is 2.36. The van der Waals surface area contributed by atoms with Crippen LogP contribution in [0.3, 0.4) is 0 Å². The van der Waals surface area contributed by atoms with E-state index in [1.54, 1.807) is 18.2 Å². The lowest BCUT2D eigenvalue weighted by molar-refractivity contribution is -0.115. The second-order valence-corrected chi connectivity index (χ2v) is 8.42. The third kappa shape index (κ3) is 5.22. The first-order valence-corrected chi connectivity index (χ1v) is 11.2. The Kier molecular flexibility index (Phi) is 7.15. The molecule has 174 valence electrons. The Balaban J connectivity index is 1.72. The van der Waals surface area contributed by atoms with Gasteiger partial charge in [-0.3, -0.25) is 9.79 Å². The van der Waals surface area contributed by atoms with E-state index >= 15 is 0 Å². The Bertz CT molecular complexity index is 1200. The van der Waals surface area contributed by atoms with Gasteiger partial charge in [-0.25, -0.2) is 4.79 Å². The molecule has 3 N–H and O–H groups in total. The van der Waals surface area contributed by atoms with E-state index in [9.17, 15) is 9.59 Å². The maximum absolute atomic E-state index is 13.1. The van der Waals surface area contributed by atoms with E-state index in [0.29, 0.717) is 17.0 Å². The van der Waals surface area contributed by atoms with Crippen LogP contribution >= 0.6 is 0 Å². The van der Waals surface area contributed by atoms with Crippen molar-refractivity contribution < 1.29 is 14.3 Å². The number of nitrogens with one attached hydrogen (secondary N) is 1. The Morgan fingerprint density at radius 3 is 2.44 bits per heavy atom. The summed E-state index contributed by atoms with van der Waals surface area (Å²) in [6.45, 7) is 1.23. The molecule has 0 fully saturated rings. The van der Waals surface area contributed by atoms with Crippen LogP contribution in [0.15, 0.2) is 77.8 Å². The molecule has 0 radical (unpaired) electrons. The van der Waals surface area contributed by atoms with Crippen molar-refractivity contribution in [1.29, 1.82) is 0 Å². The van der Waals surface area contributed by atoms with Crippen LogP contribution in [-0.4, -0.2) is 49.7 Å². The zero-order chi connectivity index (χ0) is 24.1. The molecule has 0 saturated carbocycles. The molecule has 1 amide bonds. The lowest BCUT2D eigenvalue weighted by Crippen LogP contribution is -2.21. The number of anilines is 1. The van der Waals surface area contributed by atoms with E-state index in [2.05, 4.69) is 10.2 Å². The van der Waals surface area contributed by atoms with E-state index in [-0.39, 0.29) is 19.1 Å². The number of esters is 1. The molecular formula is C27H28N4O3. The highest BCUT2D eigenvalue weighted by atomic mass is 16.5. The predicted molar refractivity (Wildman–Crippen MR) is 134 cm³/mol. The summed E-state index contributed by atoms with van der Waals surface area (Å²) in [4.78, 5) is 32.4. The maximum atomic E-state index is 13.1. The van der Waals surface area contributed by atoms with Crippen molar-refractivity contribution in [2.75, 3.05) is 32.6 Å². The predicted octanol–water partition coefficient (Wildman–Crippen LogP) is 3.72. The summed E-state index contributed by atoms with van der Waals surface area (Å²) in [5, 5.41) is 2.91. The standard InChI is InChI=1S/C27H28N4O3/c1-31(2)17-18-8-11-21(12-9-18)29-25(19-6-4-3-5-7-19)24-22-13-10-20(27(33)34-15-14-28)16-23(22)30-26(24)32/h3-13,16,24H,14-15,17,28H2,1-2H3,(H,30,32). The smallest absolute Gasteiger partial charge is 0.338 e. The fourth-order valence-electron chi connectivity index (χ4n) is 3.98. The lowest BCUT2D eigenvalue weighted by atomic mass is 9.90. The number of rotatable bonds is 8. The minimum atomic E-state index is -0.604. The lowest BCUT2D eigenvalue weighted by Gasteiger charge is -2.14. The molecule has 0 aliphatic carbocycles. The first-order chi connectivity index (χ1) is 16.5. The molecule has 0 spiro atoms. The van der Waals surface area contributed by atoms with Crippen LogP contribution in [0.4, 0.5) is 11.4 Å². The fraction of sp³-hybridized carbons (Fsp3) is 0.222. The third-order valence-electron chi connectivity index (χ3n) is 5.50. The van der Waals surface area contributed by atoms with E-state index < -0.39 is 11.9 Å². The summed E-state index contributed by atoms with van der Waals surface area (Å²) in [6.07, 6.45) is 0. The van der Waals surface area contributed by atoms with Crippen LogP contribution < -0.4 is 11.1 Å². The first-order valence-electron chi connectivity index (χ1n) is 11.2. The minimum Gasteiger partial charge on any atom is -0.461 e. The first kappa shape index (κ1) is 23.4. The number of amides is 1. The van der Waals surface area contributed by atoms with Crippen LogP contribution in [-0.2, 0) is 16.1 Å². The number of hydrogen-bond acceptors (Lipinski definition) is 6. The summed E-state index contributed by atoms with van der Waals surface area (Å²) < 4.78 is 5.12. The van der Waals surface area contributed by atoms with Crippen molar-refractivity contribution in [3.63, 3.8) is 0 Å². The molecule has 3 aromatic carbocycles. The van der Waals surface area contributed by atoms with Gasteiger partial charge < -0.3 is 20.7 Å². The van der Waals surface area contributed by atoms with Gasteiger partial charge in [-0.1, -0.05) is 48.5 Å². The molecule has 7 heteroatoms. The number of fused-ring (bicyclic) bond motifs is 1. The average Bonchev–Trinajstić information content (AvgIpc) is 3.17. The molecule has 7 nitrogen and oxygen atoms in total. The molecule has 3 aromatic rings. The third-order valence-corrected chi connectivity index (χ3v) is 5.50. The van der Waals surface area contributed by atoms with Crippen molar-refractivity contribution in [2.24, 2.45) is 10.7 Å². The van der Waals surface area contributed by atoms with Crippen molar-refractivity contribution >= 4 is 29.0 Å². The van der Waals surface area contributed by atoms with Gasteiger partial charge in [0.05, 0.1) is 17.0 Å². The van der Waals surface area contributed by atoms with Crippen molar-refractivity contribution in [2.45, 2.75) is 12.5 Å². The number of aliphatic imine (C=N–C) groups is 1. The zero-order valence-electron chi connectivity index (χ0n) is 19.3. The number of benzene rings is 3. The largest absolute Gasteiger partial charge is 0.461 e. The molecule has 1 atom stereocenters. The van der Waals surface area contributed by atoms with Crippen LogP contribution in [0.2, 0.25) is 0 Å². The Labute approximate surface area is 199 Å². The van der Waals surface area contributed by atoms with E-state index in [4.69, 9.17) is 15.5 Å². The maximum Gasteiger partial charge on any atom is 0.338 e. The molecule has 0 bridgehead atoms. The number of carbonyl (C=O) groups is 2. The monoisotopic (exact) mass is 456 g/mol. The fourth-order valence-corrected chi connectivity index (χ4v) is 3.98. The van der Waals surface area contributed by atoms with Gasteiger partial charge in [0.15, 0.2) is 0 Å². The van der Waals surface area contributed by atoms with Gasteiger partial charge in [0.1, 0.15) is 12.5 Å². The van der Waals surface area contributed by atoms with E-state index in [1.165, 1.54) is 5.56 Å². The molecule has 0 aromatic heterocycles. The summed E-state index contributed by atoms with van der Waals surface area (Å²) >= 11 is 0. The van der Waals surface area contributed by atoms with Crippen molar-refractivity contribution in [3.8, 4) is 0 Å². The molecule has 34 heavy (non-hydrogen) atoms. The van der Waals surface area contributed by atoms with Gasteiger partial charge in [0.25, 0.3) is 0 Å². The summed E-state index contributed by atoms with van der Waals surface area (Å²) in [6, 6.07) is 22.8. The molecule has 1 unspecified atom stereocenters. The number of carbonyl (C=O) groups excluding carboxylic acids is 2. The summed E-state index contributed by atoms with van der Waals surface area (Å²) in [5.41, 5.74) is 10.6. The van der Waals surface area contributed by atoms with Crippen LogP contribution in [0.25, 0.3) is 0 Å². The van der Waals surface area contributed by atoms with Crippen LogP contribution in [0.1, 0.15) is 33.0 Å². The second kappa shape index (κ2) is 10.4. The molecule has 4 rings (SSSR count). The molecule has 0 saturated heterocycles. The highest BCUT2D eigenvalue weighted by Crippen LogP contribution is 2.37. The van der Waals surface area contributed by atoms with Gasteiger partial charge in [-0.15, -0.1) is 0 Å². The molecule has 1 aliphatic heterocycles. The van der Waals surface area contributed by atoms with Crippen LogP contribution in [0.5, 0.6) is 0 Å². The van der Waals surface area contributed by atoms with Gasteiger partial charge in [0, 0.05) is 18.8 Å². The van der Waals surface area contributed by atoms with Crippen molar-refractivity contribution in [1.82, 2.24) is 4.90 Å². The SMILES string of the molecule is CN(C)Cc1ccc(N=C(c2ccccc2)C2C(=O)Nc3cc(C(=O)OCCN)ccc32)cc1. The van der Waals surface area contributed by atoms with Crippen molar-refractivity contribution in [3.05, 3.63) is 95.1 Å². The Hall–Kier alpha value is -3.81. The Morgan fingerprint density at radius 1 is 1.03 bits per heavy atom. The van der Waals surface area contributed by atoms with Gasteiger partial charge >= 0.3 is 5.97 Å². The van der Waals surface area contributed by atoms with Gasteiger partial charge in [-0.05, 0) is 55.1 Å².